The average Bonchev–Trinajstić information content (AvgIpc) is 2.38. The number of amides is 1. The molecule has 1 amide bonds. The molecule has 1 saturated heterocycles. The molecule has 3 nitrogen and oxygen atoms in total. The molecule has 0 bridgehead atoms. The number of rotatable bonds is 6. The fraction of sp³-hybridized carbons (Fsp3) is 0.929. The van der Waals surface area contributed by atoms with Crippen molar-refractivity contribution in [1.82, 2.24) is 10.2 Å². The molecule has 0 aromatic rings. The Morgan fingerprint density at radius 1 is 1.12 bits per heavy atom. The van der Waals surface area contributed by atoms with Gasteiger partial charge in [0.25, 0.3) is 0 Å². The molecular weight excluding hydrogens is 212 g/mol. The van der Waals surface area contributed by atoms with Crippen LogP contribution in [-0.2, 0) is 4.79 Å². The molecule has 0 saturated carbocycles. The molecule has 1 rings (SSSR count). The van der Waals surface area contributed by atoms with Gasteiger partial charge in [0.1, 0.15) is 0 Å². The van der Waals surface area contributed by atoms with Crippen LogP contribution < -0.4 is 5.32 Å². The van der Waals surface area contributed by atoms with Crippen LogP contribution in [0.3, 0.4) is 0 Å². The third kappa shape index (κ3) is 3.44. The molecule has 1 aliphatic rings. The van der Waals surface area contributed by atoms with Gasteiger partial charge in [0.15, 0.2) is 0 Å². The summed E-state index contributed by atoms with van der Waals surface area (Å²) < 4.78 is 0. The van der Waals surface area contributed by atoms with Gasteiger partial charge in [0, 0.05) is 13.1 Å². The molecule has 0 spiro atoms. The van der Waals surface area contributed by atoms with Crippen molar-refractivity contribution in [3.05, 3.63) is 0 Å². The lowest BCUT2D eigenvalue weighted by Crippen LogP contribution is -2.49. The third-order valence-corrected chi connectivity index (χ3v) is 3.97. The Bertz CT molecular complexity index is 228. The van der Waals surface area contributed by atoms with E-state index in [0.29, 0.717) is 5.91 Å². The summed E-state index contributed by atoms with van der Waals surface area (Å²) >= 11 is 0. The van der Waals surface area contributed by atoms with Crippen molar-refractivity contribution in [3.8, 4) is 0 Å². The molecule has 0 aliphatic carbocycles. The van der Waals surface area contributed by atoms with E-state index in [2.05, 4.69) is 31.0 Å². The van der Waals surface area contributed by atoms with Crippen molar-refractivity contribution in [2.75, 3.05) is 26.2 Å². The summed E-state index contributed by atoms with van der Waals surface area (Å²) in [6.07, 6.45) is 5.11. The van der Waals surface area contributed by atoms with Gasteiger partial charge < -0.3 is 10.2 Å². The second kappa shape index (κ2) is 7.00. The lowest BCUT2D eigenvalue weighted by atomic mass is 9.75. The van der Waals surface area contributed by atoms with Crippen LogP contribution in [0.25, 0.3) is 0 Å². The fourth-order valence-corrected chi connectivity index (χ4v) is 2.81. The molecule has 1 N–H and O–H groups in total. The topological polar surface area (TPSA) is 32.3 Å². The molecule has 0 radical (unpaired) electrons. The van der Waals surface area contributed by atoms with Crippen LogP contribution in [0.15, 0.2) is 0 Å². The van der Waals surface area contributed by atoms with E-state index in [-0.39, 0.29) is 5.41 Å². The number of hydrogen-bond acceptors (Lipinski definition) is 2. The monoisotopic (exact) mass is 240 g/mol. The maximum Gasteiger partial charge on any atom is 0.228 e. The van der Waals surface area contributed by atoms with Gasteiger partial charge in [0.05, 0.1) is 5.41 Å². The Labute approximate surface area is 106 Å². The molecule has 1 aliphatic heterocycles. The van der Waals surface area contributed by atoms with Crippen LogP contribution in [0.4, 0.5) is 0 Å². The summed E-state index contributed by atoms with van der Waals surface area (Å²) in [4.78, 5) is 14.8. The van der Waals surface area contributed by atoms with Crippen LogP contribution in [0.5, 0.6) is 0 Å². The van der Waals surface area contributed by atoms with Gasteiger partial charge in [-0.3, -0.25) is 4.79 Å². The number of hydrogen-bond donors (Lipinski definition) is 1. The summed E-state index contributed by atoms with van der Waals surface area (Å²) in [6.45, 7) is 10.3. The van der Waals surface area contributed by atoms with Crippen molar-refractivity contribution in [3.63, 3.8) is 0 Å². The zero-order chi connectivity index (χ0) is 12.7. The van der Waals surface area contributed by atoms with Crippen LogP contribution in [0.2, 0.25) is 0 Å². The van der Waals surface area contributed by atoms with Gasteiger partial charge in [-0.15, -0.1) is 0 Å². The first-order valence-corrected chi connectivity index (χ1v) is 7.20. The van der Waals surface area contributed by atoms with Gasteiger partial charge >= 0.3 is 0 Å². The first kappa shape index (κ1) is 14.5. The minimum absolute atomic E-state index is 0.0738. The maximum atomic E-state index is 12.7. The Kier molecular flexibility index (Phi) is 5.96. The SMILES string of the molecule is CCCN(CCC)C(=O)C1(CC)CCNCC1. The highest BCUT2D eigenvalue weighted by Crippen LogP contribution is 2.34. The van der Waals surface area contributed by atoms with Crippen LogP contribution in [0.1, 0.15) is 52.9 Å². The Balaban J connectivity index is 2.74. The Morgan fingerprint density at radius 2 is 1.65 bits per heavy atom. The standard InChI is InChI=1S/C14H28N2O/c1-4-11-16(12-5-2)13(17)14(6-3)7-9-15-10-8-14/h15H,4-12H2,1-3H3. The highest BCUT2D eigenvalue weighted by molar-refractivity contribution is 5.82. The number of carbonyl (C=O) groups excluding carboxylic acids is 1. The molecule has 3 heteroatoms. The predicted molar refractivity (Wildman–Crippen MR) is 72.0 cm³/mol. The minimum atomic E-state index is -0.0738. The largest absolute Gasteiger partial charge is 0.342 e. The summed E-state index contributed by atoms with van der Waals surface area (Å²) in [5.41, 5.74) is -0.0738. The van der Waals surface area contributed by atoms with Crippen molar-refractivity contribution < 1.29 is 4.79 Å². The number of nitrogens with one attached hydrogen (secondary N) is 1. The molecular formula is C14H28N2O. The van der Waals surface area contributed by atoms with Gasteiger partial charge in [-0.2, -0.15) is 0 Å². The molecule has 17 heavy (non-hydrogen) atoms. The van der Waals surface area contributed by atoms with E-state index in [1.165, 1.54) is 0 Å². The van der Waals surface area contributed by atoms with Gasteiger partial charge in [-0.1, -0.05) is 20.8 Å². The summed E-state index contributed by atoms with van der Waals surface area (Å²) in [7, 11) is 0. The number of nitrogens with zero attached hydrogens (tertiary/aromatic N) is 1. The fourth-order valence-electron chi connectivity index (χ4n) is 2.81. The van der Waals surface area contributed by atoms with Crippen LogP contribution in [-0.4, -0.2) is 37.0 Å². The lowest BCUT2D eigenvalue weighted by molar-refractivity contribution is -0.144. The predicted octanol–water partition coefficient (Wildman–Crippen LogP) is 2.41. The van der Waals surface area contributed by atoms with E-state index in [9.17, 15) is 4.79 Å². The van der Waals surface area contributed by atoms with Crippen LogP contribution in [0, 0.1) is 5.41 Å². The third-order valence-electron chi connectivity index (χ3n) is 3.97. The molecule has 0 aromatic carbocycles. The summed E-state index contributed by atoms with van der Waals surface area (Å²) in [6, 6.07) is 0. The van der Waals surface area contributed by atoms with Crippen molar-refractivity contribution >= 4 is 5.91 Å². The van der Waals surface area contributed by atoms with Crippen molar-refractivity contribution in [1.29, 1.82) is 0 Å². The number of carbonyl (C=O) groups is 1. The summed E-state index contributed by atoms with van der Waals surface area (Å²) in [5, 5.41) is 3.36. The van der Waals surface area contributed by atoms with E-state index in [0.717, 1.165) is 58.3 Å². The molecule has 1 heterocycles. The van der Waals surface area contributed by atoms with E-state index in [1.807, 2.05) is 0 Å². The van der Waals surface area contributed by atoms with Gasteiger partial charge in [0.2, 0.25) is 5.91 Å². The van der Waals surface area contributed by atoms with Gasteiger partial charge in [-0.05, 0) is 45.2 Å². The van der Waals surface area contributed by atoms with E-state index >= 15 is 0 Å². The first-order valence-electron chi connectivity index (χ1n) is 7.20. The lowest BCUT2D eigenvalue weighted by Gasteiger charge is -2.39. The van der Waals surface area contributed by atoms with Crippen molar-refractivity contribution in [2.24, 2.45) is 5.41 Å². The van der Waals surface area contributed by atoms with Crippen LogP contribution >= 0.6 is 0 Å². The average molecular weight is 240 g/mol. The molecule has 0 aromatic heterocycles. The quantitative estimate of drug-likeness (QED) is 0.773. The Hall–Kier alpha value is -0.570. The van der Waals surface area contributed by atoms with E-state index < -0.39 is 0 Å². The minimum Gasteiger partial charge on any atom is -0.342 e. The first-order chi connectivity index (χ1) is 8.20. The summed E-state index contributed by atoms with van der Waals surface area (Å²) in [5.74, 6) is 0.408. The van der Waals surface area contributed by atoms with Gasteiger partial charge in [-0.25, -0.2) is 0 Å². The molecule has 0 atom stereocenters. The smallest absolute Gasteiger partial charge is 0.228 e. The van der Waals surface area contributed by atoms with E-state index in [1.54, 1.807) is 0 Å². The normalized spacial score (nSPS) is 19.0. The molecule has 0 unspecified atom stereocenters. The Morgan fingerprint density at radius 3 is 2.06 bits per heavy atom. The molecule has 100 valence electrons. The highest BCUT2D eigenvalue weighted by Gasteiger charge is 2.39. The second-order valence-electron chi connectivity index (χ2n) is 5.18. The van der Waals surface area contributed by atoms with Crippen molar-refractivity contribution in [2.45, 2.75) is 52.9 Å². The second-order valence-corrected chi connectivity index (χ2v) is 5.18. The zero-order valence-corrected chi connectivity index (χ0v) is 11.7. The van der Waals surface area contributed by atoms with E-state index in [4.69, 9.17) is 0 Å². The maximum absolute atomic E-state index is 12.7. The number of piperidine rings is 1. The zero-order valence-electron chi connectivity index (χ0n) is 11.7. The highest BCUT2D eigenvalue weighted by atomic mass is 16.2. The molecule has 1 fully saturated rings.